The third-order valence-electron chi connectivity index (χ3n) is 12.1. The van der Waals surface area contributed by atoms with Gasteiger partial charge in [0.2, 0.25) is 65.0 Å². The van der Waals surface area contributed by atoms with Crippen LogP contribution in [0.5, 0.6) is 0 Å². The lowest BCUT2D eigenvalue weighted by atomic mass is 10.0. The van der Waals surface area contributed by atoms with E-state index in [0.29, 0.717) is 19.4 Å². The van der Waals surface area contributed by atoms with E-state index >= 15 is 0 Å². The molecule has 2 aliphatic rings. The Kier molecular flexibility index (Phi) is 26.0. The number of aliphatic hydroxyl groups is 2. The molecule has 2 saturated heterocycles. The Labute approximate surface area is 440 Å². The number of aliphatic carboxylic acids is 1. The highest BCUT2D eigenvalue weighted by Gasteiger charge is 2.42. The van der Waals surface area contributed by atoms with Gasteiger partial charge >= 0.3 is 5.97 Å². The van der Waals surface area contributed by atoms with Crippen LogP contribution < -0.4 is 53.6 Å². The molecule has 0 bridgehead atoms. The molecule has 11 amide bonds. The van der Waals surface area contributed by atoms with Crippen molar-refractivity contribution >= 4 is 96.2 Å². The zero-order valence-corrected chi connectivity index (χ0v) is 44.9. The second-order valence-electron chi connectivity index (χ2n) is 19.1. The van der Waals surface area contributed by atoms with Gasteiger partial charge in [-0.25, -0.2) is 4.79 Å². The molecule has 0 aromatic rings. The normalized spacial score (nSPS) is 20.3. The third kappa shape index (κ3) is 18.9. The summed E-state index contributed by atoms with van der Waals surface area (Å²) in [6.45, 7) is 13.1. The summed E-state index contributed by atoms with van der Waals surface area (Å²) in [5.74, 6) is -10.7. The van der Waals surface area contributed by atoms with E-state index in [2.05, 4.69) is 73.1 Å². The van der Waals surface area contributed by atoms with Crippen LogP contribution in [-0.2, 0) is 57.5 Å². The predicted molar refractivity (Wildman–Crippen MR) is 271 cm³/mol. The molecular weight excluding hydrogens is 1010 g/mol. The van der Waals surface area contributed by atoms with Gasteiger partial charge in [0.1, 0.15) is 66.5 Å². The highest BCUT2D eigenvalue weighted by atomic mass is 32.1. The van der Waals surface area contributed by atoms with Crippen molar-refractivity contribution < 1.29 is 72.9 Å². The van der Waals surface area contributed by atoms with Gasteiger partial charge in [0.25, 0.3) is 0 Å². The average Bonchev–Trinajstić information content (AvgIpc) is 4.03. The van der Waals surface area contributed by atoms with Gasteiger partial charge in [-0.05, 0) is 86.5 Å². The van der Waals surface area contributed by atoms with E-state index in [9.17, 15) is 72.9 Å². The van der Waals surface area contributed by atoms with Crippen molar-refractivity contribution in [2.45, 2.75) is 179 Å². The van der Waals surface area contributed by atoms with Gasteiger partial charge in [0, 0.05) is 24.6 Å². The van der Waals surface area contributed by atoms with Gasteiger partial charge in [-0.1, -0.05) is 13.8 Å². The fourth-order valence-electron chi connectivity index (χ4n) is 7.84. The number of hydrogen-bond donors (Lipinski definition) is 15. The van der Waals surface area contributed by atoms with Gasteiger partial charge in [-0.15, -0.1) is 0 Å². The van der Waals surface area contributed by atoms with Crippen LogP contribution in [0.15, 0.2) is 0 Å². The zero-order valence-electron chi connectivity index (χ0n) is 43.1. The number of aliphatic hydroxyl groups excluding tert-OH is 2. The number of nitrogens with two attached hydrogens (primary N) is 1. The molecule has 0 saturated carbocycles. The van der Waals surface area contributed by atoms with Gasteiger partial charge in [-0.3, -0.25) is 52.7 Å². The number of thiol groups is 2. The predicted octanol–water partition coefficient (Wildman–Crippen LogP) is -5.49. The molecule has 74 heavy (non-hydrogen) atoms. The maximum absolute atomic E-state index is 13.9. The molecule has 0 radical (unpaired) electrons. The van der Waals surface area contributed by atoms with E-state index < -0.39 is 156 Å². The first-order valence-corrected chi connectivity index (χ1v) is 25.6. The second kappa shape index (κ2) is 29.9. The molecule has 27 nitrogen and oxygen atoms in total. The van der Waals surface area contributed by atoms with Crippen molar-refractivity contribution in [2.24, 2.45) is 11.7 Å². The van der Waals surface area contributed by atoms with Crippen LogP contribution in [0.4, 0.5) is 0 Å². The van der Waals surface area contributed by atoms with Crippen molar-refractivity contribution in [3.63, 3.8) is 0 Å². The number of nitrogens with zero attached hydrogens (tertiary/aromatic N) is 2. The zero-order chi connectivity index (χ0) is 56.5. The largest absolute Gasteiger partial charge is 0.480 e. The van der Waals surface area contributed by atoms with Crippen LogP contribution in [0.3, 0.4) is 0 Å². The molecule has 418 valence electrons. The van der Waals surface area contributed by atoms with Crippen molar-refractivity contribution in [2.75, 3.05) is 24.6 Å². The molecule has 0 spiro atoms. The summed E-state index contributed by atoms with van der Waals surface area (Å²) in [5.41, 5.74) is 5.76. The lowest BCUT2D eigenvalue weighted by Gasteiger charge is -2.32. The number of carboxylic acids is 1. The molecule has 14 atom stereocenters. The number of hydrogen-bond acceptors (Lipinski definition) is 17. The van der Waals surface area contributed by atoms with Crippen molar-refractivity contribution in [1.29, 1.82) is 0 Å². The van der Waals surface area contributed by atoms with E-state index in [0.717, 1.165) is 4.90 Å². The SMILES string of the molecule is CC(C)C[C@H](NC(=O)[C@@H]1CCCN1C(=O)[C@H](C)N)C(=O)N[C@@H](C)C(=O)N[C@@H](C)C(=O)N[C@@H](C)C(=O)N[C@H](C(=O)N1CCC[C@H]1C(=O)N[C@H](C(=O)N[C@@H](C)C(=O)N[C@@H](CS)C(=O)N[C@@H](CS)C(=O)O)[C@@H](C)O)[C@@H](C)O. The van der Waals surface area contributed by atoms with Crippen LogP contribution in [-0.4, -0.2) is 205 Å². The first-order valence-electron chi connectivity index (χ1n) is 24.4. The molecule has 0 aliphatic carbocycles. The first kappa shape index (κ1) is 64.3. The van der Waals surface area contributed by atoms with Gasteiger partial charge < -0.3 is 78.7 Å². The van der Waals surface area contributed by atoms with E-state index in [1.165, 1.54) is 53.4 Å². The molecule has 0 unspecified atom stereocenters. The van der Waals surface area contributed by atoms with E-state index in [1.807, 2.05) is 13.8 Å². The molecular formula is C45H76N12O15S2. The Morgan fingerprint density at radius 2 is 0.865 bits per heavy atom. The minimum atomic E-state index is -1.67. The number of nitrogens with one attached hydrogen (secondary N) is 9. The van der Waals surface area contributed by atoms with Crippen LogP contribution in [0, 0.1) is 5.92 Å². The summed E-state index contributed by atoms with van der Waals surface area (Å²) in [6.07, 6.45) is -1.58. The number of amides is 11. The van der Waals surface area contributed by atoms with Crippen molar-refractivity contribution in [3.05, 3.63) is 0 Å². The fourth-order valence-corrected chi connectivity index (χ4v) is 8.35. The molecule has 2 aliphatic heterocycles. The lowest BCUT2D eigenvalue weighted by molar-refractivity contribution is -0.145. The molecule has 2 heterocycles. The van der Waals surface area contributed by atoms with E-state index in [-0.39, 0.29) is 43.2 Å². The number of carbonyl (C=O) groups is 12. The van der Waals surface area contributed by atoms with Gasteiger partial charge in [0.15, 0.2) is 0 Å². The highest BCUT2D eigenvalue weighted by molar-refractivity contribution is 7.80. The summed E-state index contributed by atoms with van der Waals surface area (Å²) in [7, 11) is 0. The number of rotatable bonds is 27. The summed E-state index contributed by atoms with van der Waals surface area (Å²) >= 11 is 7.90. The molecule has 2 rings (SSSR count). The summed E-state index contributed by atoms with van der Waals surface area (Å²) in [6, 6.07) is -15.2. The Morgan fingerprint density at radius 3 is 1.28 bits per heavy atom. The maximum Gasteiger partial charge on any atom is 0.327 e. The fraction of sp³-hybridized carbons (Fsp3) is 0.733. The van der Waals surface area contributed by atoms with Crippen LogP contribution >= 0.6 is 25.3 Å². The lowest BCUT2D eigenvalue weighted by Crippen LogP contribution is -2.62. The van der Waals surface area contributed by atoms with Crippen LogP contribution in [0.2, 0.25) is 0 Å². The minimum Gasteiger partial charge on any atom is -0.480 e. The maximum atomic E-state index is 13.9. The smallest absolute Gasteiger partial charge is 0.327 e. The van der Waals surface area contributed by atoms with E-state index in [1.54, 1.807) is 0 Å². The van der Waals surface area contributed by atoms with Gasteiger partial charge in [-0.2, -0.15) is 25.3 Å². The highest BCUT2D eigenvalue weighted by Crippen LogP contribution is 2.21. The second-order valence-corrected chi connectivity index (χ2v) is 19.8. The Balaban J connectivity index is 2.03. The van der Waals surface area contributed by atoms with Crippen molar-refractivity contribution in [1.82, 2.24) is 57.7 Å². The summed E-state index contributed by atoms with van der Waals surface area (Å²) < 4.78 is 0. The molecule has 29 heteroatoms. The van der Waals surface area contributed by atoms with Gasteiger partial charge in [0.05, 0.1) is 18.2 Å². The van der Waals surface area contributed by atoms with Crippen LogP contribution in [0.1, 0.15) is 94.4 Å². The van der Waals surface area contributed by atoms with Crippen LogP contribution in [0.25, 0.3) is 0 Å². The molecule has 0 aromatic heterocycles. The first-order chi connectivity index (χ1) is 34.5. The molecule has 2 fully saturated rings. The Morgan fingerprint density at radius 1 is 0.486 bits per heavy atom. The minimum absolute atomic E-state index is 0.0226. The summed E-state index contributed by atoms with van der Waals surface area (Å²) in [4.78, 5) is 159. The number of likely N-dealkylation sites (tertiary alicyclic amines) is 2. The van der Waals surface area contributed by atoms with E-state index in [4.69, 9.17) is 5.73 Å². The Hall–Kier alpha value is -5.78. The number of carboxylic acid groups (broad SMARTS) is 1. The number of carbonyl (C=O) groups excluding carboxylic acids is 11. The monoisotopic (exact) mass is 1090 g/mol. The molecule has 14 N–H and O–H groups in total. The van der Waals surface area contributed by atoms with Crippen molar-refractivity contribution in [3.8, 4) is 0 Å². The average molecular weight is 1090 g/mol. The Bertz CT molecular complexity index is 2070. The molecule has 0 aromatic carbocycles. The quantitative estimate of drug-likeness (QED) is 0.0341. The topological polar surface area (TPSA) is 406 Å². The standard InChI is InChI=1S/C45H76N12O15S2/c1-19(2)16-27(51-40(66)30-12-10-14-56(30)43(69)20(3)46)38(64)49-22(5)35(61)47-21(4)34(60)48-24(7)37(63)55-33(26(9)59)44(70)57-15-11-13-31(57)41(67)54-32(25(8)58)42(68)50-23(6)36(62)52-28(17-73)39(65)53-29(18-74)45(71)72/h19-33,58-59,73-74H,10-18,46H2,1-9H3,(H,47,61)(H,48,60)(H,49,64)(H,50,68)(H,51,66)(H,52,62)(H,53,65)(H,54,67)(H,55,63)(H,71,72)/t20-,21-,22-,23-,24-,25+,26+,27-,28-,29-,30-,31-,32-,33-/m0/s1. The summed E-state index contributed by atoms with van der Waals surface area (Å²) in [5, 5.41) is 52.1. The third-order valence-corrected chi connectivity index (χ3v) is 12.9.